The molecule has 1 aliphatic heterocycles. The molecule has 0 saturated carbocycles. The number of hydrogen-bond donors (Lipinski definition) is 1. The van der Waals surface area contributed by atoms with Gasteiger partial charge in [0.05, 0.1) is 5.56 Å². The van der Waals surface area contributed by atoms with Gasteiger partial charge in [-0.2, -0.15) is 0 Å². The number of hydrogen-bond acceptors (Lipinski definition) is 3. The van der Waals surface area contributed by atoms with Crippen molar-refractivity contribution < 1.29 is 4.79 Å². The number of anilines is 1. The lowest BCUT2D eigenvalue weighted by Crippen LogP contribution is -2.40. The van der Waals surface area contributed by atoms with E-state index in [1.807, 2.05) is 0 Å². The maximum atomic E-state index is 11.4. The molecular weight excluding hydrogens is 214 g/mol. The number of nitrogens with zero attached hydrogens (tertiary/aromatic N) is 2. The second kappa shape index (κ2) is 4.02. The van der Waals surface area contributed by atoms with E-state index in [1.54, 1.807) is 18.3 Å². The van der Waals surface area contributed by atoms with Crippen LogP contribution in [0.3, 0.4) is 0 Å². The minimum absolute atomic E-state index is 0.0258. The molecule has 1 amide bonds. The number of carbonyl (C=O) groups is 1. The Morgan fingerprint density at radius 1 is 1.59 bits per heavy atom. The first-order chi connectivity index (χ1) is 7.92. The van der Waals surface area contributed by atoms with Crippen molar-refractivity contribution in [1.82, 2.24) is 4.98 Å². The van der Waals surface area contributed by atoms with Crippen LogP contribution in [0.4, 0.5) is 5.82 Å². The first kappa shape index (κ1) is 11.9. The molecule has 1 aliphatic rings. The number of aromatic nitrogens is 1. The van der Waals surface area contributed by atoms with E-state index >= 15 is 0 Å². The summed E-state index contributed by atoms with van der Waals surface area (Å²) in [6.07, 6.45) is 2.81. The highest BCUT2D eigenvalue weighted by molar-refractivity contribution is 5.97. The zero-order valence-electron chi connectivity index (χ0n) is 10.6. The SMILES string of the molecule is CC1CN(c2ncccc2C(N)=O)C(C)(C)C1. The summed E-state index contributed by atoms with van der Waals surface area (Å²) in [7, 11) is 0. The van der Waals surface area contributed by atoms with Crippen molar-refractivity contribution in [3.8, 4) is 0 Å². The van der Waals surface area contributed by atoms with Crippen LogP contribution in [-0.2, 0) is 0 Å². The van der Waals surface area contributed by atoms with Crippen molar-refractivity contribution in [3.05, 3.63) is 23.9 Å². The van der Waals surface area contributed by atoms with Gasteiger partial charge in [0.1, 0.15) is 5.82 Å². The minimum atomic E-state index is -0.413. The quantitative estimate of drug-likeness (QED) is 0.847. The Labute approximate surface area is 102 Å². The van der Waals surface area contributed by atoms with Crippen LogP contribution in [0.1, 0.15) is 37.6 Å². The van der Waals surface area contributed by atoms with Crippen molar-refractivity contribution in [1.29, 1.82) is 0 Å². The molecule has 2 rings (SSSR count). The van der Waals surface area contributed by atoms with Gasteiger partial charge in [-0.05, 0) is 38.3 Å². The summed E-state index contributed by atoms with van der Waals surface area (Å²) in [5.74, 6) is 0.908. The lowest BCUT2D eigenvalue weighted by molar-refractivity contribution is 0.100. The lowest BCUT2D eigenvalue weighted by atomic mass is 9.97. The highest BCUT2D eigenvalue weighted by atomic mass is 16.1. The molecular formula is C13H19N3O. The van der Waals surface area contributed by atoms with Gasteiger partial charge in [-0.1, -0.05) is 6.92 Å². The fourth-order valence-electron chi connectivity index (χ4n) is 2.76. The Kier molecular flexibility index (Phi) is 2.81. The third-order valence-electron chi connectivity index (χ3n) is 3.38. The van der Waals surface area contributed by atoms with Crippen molar-refractivity contribution in [3.63, 3.8) is 0 Å². The molecule has 1 fully saturated rings. The van der Waals surface area contributed by atoms with E-state index in [-0.39, 0.29) is 5.54 Å². The van der Waals surface area contributed by atoms with Crippen LogP contribution in [0.2, 0.25) is 0 Å². The lowest BCUT2D eigenvalue weighted by Gasteiger charge is -2.33. The summed E-state index contributed by atoms with van der Waals surface area (Å²) in [6, 6.07) is 3.49. The van der Waals surface area contributed by atoms with Crippen LogP contribution in [-0.4, -0.2) is 23.0 Å². The molecule has 0 bridgehead atoms. The summed E-state index contributed by atoms with van der Waals surface area (Å²) < 4.78 is 0. The predicted molar refractivity (Wildman–Crippen MR) is 68.0 cm³/mol. The van der Waals surface area contributed by atoms with Crippen molar-refractivity contribution in [2.45, 2.75) is 32.7 Å². The summed E-state index contributed by atoms with van der Waals surface area (Å²) >= 11 is 0. The summed E-state index contributed by atoms with van der Waals surface area (Å²) in [5, 5.41) is 0. The fourth-order valence-corrected chi connectivity index (χ4v) is 2.76. The number of nitrogens with two attached hydrogens (primary N) is 1. The molecule has 0 aromatic carbocycles. The second-order valence-corrected chi connectivity index (χ2v) is 5.47. The van der Waals surface area contributed by atoms with Gasteiger partial charge in [-0.25, -0.2) is 4.98 Å². The Hall–Kier alpha value is -1.58. The van der Waals surface area contributed by atoms with E-state index in [0.29, 0.717) is 17.3 Å². The Balaban J connectivity index is 2.44. The zero-order chi connectivity index (χ0) is 12.6. The smallest absolute Gasteiger partial charge is 0.252 e. The van der Waals surface area contributed by atoms with Gasteiger partial charge >= 0.3 is 0 Å². The number of pyridine rings is 1. The van der Waals surface area contributed by atoms with E-state index in [2.05, 4.69) is 30.7 Å². The second-order valence-electron chi connectivity index (χ2n) is 5.47. The van der Waals surface area contributed by atoms with Crippen molar-refractivity contribution in [2.75, 3.05) is 11.4 Å². The molecule has 1 aromatic rings. The van der Waals surface area contributed by atoms with Gasteiger partial charge in [0.2, 0.25) is 0 Å². The van der Waals surface area contributed by atoms with E-state index in [1.165, 1.54) is 0 Å². The van der Waals surface area contributed by atoms with Gasteiger partial charge < -0.3 is 10.6 Å². The molecule has 1 saturated heterocycles. The van der Waals surface area contributed by atoms with E-state index in [0.717, 1.165) is 13.0 Å². The first-order valence-corrected chi connectivity index (χ1v) is 5.94. The predicted octanol–water partition coefficient (Wildman–Crippen LogP) is 1.81. The van der Waals surface area contributed by atoms with Crippen LogP contribution >= 0.6 is 0 Å². The largest absolute Gasteiger partial charge is 0.365 e. The Bertz CT molecular complexity index is 442. The molecule has 1 unspecified atom stereocenters. The Morgan fingerprint density at radius 3 is 2.82 bits per heavy atom. The molecule has 17 heavy (non-hydrogen) atoms. The number of amides is 1. The monoisotopic (exact) mass is 233 g/mol. The molecule has 1 atom stereocenters. The number of primary amides is 1. The summed E-state index contributed by atoms with van der Waals surface area (Å²) in [5.41, 5.74) is 5.93. The fraction of sp³-hybridized carbons (Fsp3) is 0.538. The average Bonchev–Trinajstić information content (AvgIpc) is 2.51. The van der Waals surface area contributed by atoms with Crippen LogP contribution in [0.15, 0.2) is 18.3 Å². The maximum absolute atomic E-state index is 11.4. The molecule has 2 N–H and O–H groups in total. The first-order valence-electron chi connectivity index (χ1n) is 5.94. The molecule has 4 heteroatoms. The standard InChI is InChI=1S/C13H19N3O/c1-9-7-13(2,3)16(8-9)12-10(11(14)17)5-4-6-15-12/h4-6,9H,7-8H2,1-3H3,(H2,14,17). The van der Waals surface area contributed by atoms with Crippen molar-refractivity contribution >= 4 is 11.7 Å². The third kappa shape index (κ3) is 2.12. The van der Waals surface area contributed by atoms with Crippen LogP contribution in [0, 0.1) is 5.92 Å². The summed E-state index contributed by atoms with van der Waals surface area (Å²) in [6.45, 7) is 7.49. The molecule has 0 spiro atoms. The van der Waals surface area contributed by atoms with Gasteiger partial charge in [0.25, 0.3) is 5.91 Å². The molecule has 4 nitrogen and oxygen atoms in total. The number of rotatable bonds is 2. The van der Waals surface area contributed by atoms with Gasteiger partial charge in [-0.15, -0.1) is 0 Å². The maximum Gasteiger partial charge on any atom is 0.252 e. The van der Waals surface area contributed by atoms with Crippen molar-refractivity contribution in [2.24, 2.45) is 11.7 Å². The van der Waals surface area contributed by atoms with Gasteiger partial charge in [0.15, 0.2) is 0 Å². The molecule has 0 radical (unpaired) electrons. The molecule has 92 valence electrons. The van der Waals surface area contributed by atoms with Crippen LogP contribution in [0.25, 0.3) is 0 Å². The number of carbonyl (C=O) groups excluding carboxylic acids is 1. The highest BCUT2D eigenvalue weighted by Gasteiger charge is 2.38. The highest BCUT2D eigenvalue weighted by Crippen LogP contribution is 2.36. The minimum Gasteiger partial charge on any atom is -0.365 e. The molecule has 0 aliphatic carbocycles. The molecule has 1 aromatic heterocycles. The van der Waals surface area contributed by atoms with Gasteiger partial charge in [-0.3, -0.25) is 4.79 Å². The van der Waals surface area contributed by atoms with E-state index in [4.69, 9.17) is 5.73 Å². The Morgan fingerprint density at radius 2 is 2.29 bits per heavy atom. The normalized spacial score (nSPS) is 22.8. The third-order valence-corrected chi connectivity index (χ3v) is 3.38. The van der Waals surface area contributed by atoms with E-state index in [9.17, 15) is 4.79 Å². The van der Waals surface area contributed by atoms with Crippen LogP contribution in [0.5, 0.6) is 0 Å². The topological polar surface area (TPSA) is 59.2 Å². The summed E-state index contributed by atoms with van der Waals surface area (Å²) in [4.78, 5) is 18.0. The van der Waals surface area contributed by atoms with Crippen LogP contribution < -0.4 is 10.6 Å². The van der Waals surface area contributed by atoms with E-state index < -0.39 is 5.91 Å². The molecule has 2 heterocycles. The zero-order valence-corrected chi connectivity index (χ0v) is 10.6. The average molecular weight is 233 g/mol. The van der Waals surface area contributed by atoms with Gasteiger partial charge in [0, 0.05) is 18.3 Å².